The molecule has 0 saturated carbocycles. The summed E-state index contributed by atoms with van der Waals surface area (Å²) in [5.74, 6) is -0.854. The average Bonchev–Trinajstić information content (AvgIpc) is 2.79. The predicted octanol–water partition coefficient (Wildman–Crippen LogP) is 3.96. The maximum absolute atomic E-state index is 14.0. The van der Waals surface area contributed by atoms with Crippen molar-refractivity contribution < 1.29 is 9.59 Å². The maximum atomic E-state index is 14.0. The Bertz CT molecular complexity index is 889. The maximum Gasteiger partial charge on any atom is 0.240 e. The number of allylic oxidation sites excluding steroid dienone is 1. The fourth-order valence-electron chi connectivity index (χ4n) is 3.79. The number of hydrogen-bond acceptors (Lipinski definition) is 2. The topological polar surface area (TPSA) is 72.2 Å². The molecule has 0 aliphatic rings. The molecule has 0 radical (unpaired) electrons. The number of carbonyl (C=O) groups excluding carboxylic acids is 2. The minimum absolute atomic E-state index is 0.293. The van der Waals surface area contributed by atoms with Crippen molar-refractivity contribution in [2.75, 3.05) is 0 Å². The average molecular weight is 399 g/mol. The SMILES string of the molecule is C=CCC[C@@H](NC(=O)C(c1ccccc1)(c1ccccc1)c1ccccc1)C(N)=O. The second-order valence-corrected chi connectivity index (χ2v) is 7.14. The van der Waals surface area contributed by atoms with Crippen LogP contribution in [-0.4, -0.2) is 17.9 Å². The van der Waals surface area contributed by atoms with Crippen molar-refractivity contribution in [3.8, 4) is 0 Å². The first-order valence-electron chi connectivity index (χ1n) is 9.98. The van der Waals surface area contributed by atoms with E-state index in [1.807, 2.05) is 91.0 Å². The van der Waals surface area contributed by atoms with Crippen LogP contribution in [0.2, 0.25) is 0 Å². The van der Waals surface area contributed by atoms with Gasteiger partial charge in [-0.1, -0.05) is 97.1 Å². The Labute approximate surface area is 177 Å². The first-order chi connectivity index (χ1) is 14.6. The Balaban J connectivity index is 2.22. The molecular formula is C26H26N2O2. The first kappa shape index (κ1) is 21.1. The molecule has 1 atom stereocenters. The summed E-state index contributed by atoms with van der Waals surface area (Å²) < 4.78 is 0. The fourth-order valence-corrected chi connectivity index (χ4v) is 3.79. The minimum atomic E-state index is -1.13. The van der Waals surface area contributed by atoms with Gasteiger partial charge in [0, 0.05) is 0 Å². The van der Waals surface area contributed by atoms with Crippen LogP contribution in [-0.2, 0) is 15.0 Å². The lowest BCUT2D eigenvalue weighted by atomic mass is 9.68. The van der Waals surface area contributed by atoms with E-state index in [2.05, 4.69) is 11.9 Å². The van der Waals surface area contributed by atoms with Gasteiger partial charge in [0.15, 0.2) is 0 Å². The van der Waals surface area contributed by atoms with Crippen molar-refractivity contribution in [2.24, 2.45) is 5.73 Å². The molecule has 3 aromatic rings. The van der Waals surface area contributed by atoms with E-state index in [1.165, 1.54) is 0 Å². The van der Waals surface area contributed by atoms with E-state index >= 15 is 0 Å². The smallest absolute Gasteiger partial charge is 0.240 e. The number of nitrogens with one attached hydrogen (secondary N) is 1. The van der Waals surface area contributed by atoms with Gasteiger partial charge >= 0.3 is 0 Å². The third-order valence-corrected chi connectivity index (χ3v) is 5.27. The van der Waals surface area contributed by atoms with Gasteiger partial charge in [-0.15, -0.1) is 6.58 Å². The van der Waals surface area contributed by atoms with Gasteiger partial charge in [0.05, 0.1) is 0 Å². The lowest BCUT2D eigenvalue weighted by Gasteiger charge is -2.35. The zero-order valence-corrected chi connectivity index (χ0v) is 16.8. The van der Waals surface area contributed by atoms with Crippen LogP contribution >= 0.6 is 0 Å². The molecule has 0 fully saturated rings. The van der Waals surface area contributed by atoms with E-state index in [0.717, 1.165) is 16.7 Å². The molecule has 30 heavy (non-hydrogen) atoms. The quantitative estimate of drug-likeness (QED) is 0.423. The number of hydrogen-bond donors (Lipinski definition) is 2. The second kappa shape index (κ2) is 9.70. The van der Waals surface area contributed by atoms with Crippen LogP contribution in [0.3, 0.4) is 0 Å². The molecule has 2 amide bonds. The van der Waals surface area contributed by atoms with E-state index in [0.29, 0.717) is 12.8 Å². The van der Waals surface area contributed by atoms with Crippen LogP contribution in [0.4, 0.5) is 0 Å². The van der Waals surface area contributed by atoms with Gasteiger partial charge in [-0.05, 0) is 29.5 Å². The van der Waals surface area contributed by atoms with Gasteiger partial charge < -0.3 is 11.1 Å². The number of nitrogens with two attached hydrogens (primary N) is 1. The zero-order chi connectivity index (χ0) is 21.4. The van der Waals surface area contributed by atoms with Crippen molar-refractivity contribution in [1.82, 2.24) is 5.32 Å². The first-order valence-corrected chi connectivity index (χ1v) is 9.98. The van der Waals surface area contributed by atoms with Crippen molar-refractivity contribution >= 4 is 11.8 Å². The number of amides is 2. The van der Waals surface area contributed by atoms with E-state index in [9.17, 15) is 9.59 Å². The highest BCUT2D eigenvalue weighted by molar-refractivity contribution is 5.98. The van der Waals surface area contributed by atoms with Crippen LogP contribution < -0.4 is 11.1 Å². The van der Waals surface area contributed by atoms with Gasteiger partial charge in [0.25, 0.3) is 0 Å². The molecule has 0 saturated heterocycles. The Morgan fingerprint density at radius 3 is 1.57 bits per heavy atom. The van der Waals surface area contributed by atoms with E-state index in [-0.39, 0.29) is 5.91 Å². The monoisotopic (exact) mass is 398 g/mol. The summed E-state index contributed by atoms with van der Waals surface area (Å²) in [6.45, 7) is 3.70. The van der Waals surface area contributed by atoms with Gasteiger partial charge in [-0.2, -0.15) is 0 Å². The number of rotatable bonds is 9. The molecular weight excluding hydrogens is 372 g/mol. The van der Waals surface area contributed by atoms with Crippen LogP contribution in [0.5, 0.6) is 0 Å². The van der Waals surface area contributed by atoms with E-state index in [1.54, 1.807) is 6.08 Å². The molecule has 0 unspecified atom stereocenters. The van der Waals surface area contributed by atoms with E-state index < -0.39 is 17.4 Å². The molecule has 3 aromatic carbocycles. The highest BCUT2D eigenvalue weighted by atomic mass is 16.2. The number of carbonyl (C=O) groups is 2. The molecule has 0 aromatic heterocycles. The molecule has 0 aliphatic carbocycles. The molecule has 0 spiro atoms. The van der Waals surface area contributed by atoms with Crippen molar-refractivity contribution in [1.29, 1.82) is 0 Å². The second-order valence-electron chi connectivity index (χ2n) is 7.14. The fraction of sp³-hybridized carbons (Fsp3) is 0.154. The summed E-state index contributed by atoms with van der Waals surface area (Å²) in [5, 5.41) is 2.93. The lowest BCUT2D eigenvalue weighted by Crippen LogP contribution is -2.53. The van der Waals surface area contributed by atoms with Crippen molar-refractivity contribution in [2.45, 2.75) is 24.3 Å². The molecule has 4 heteroatoms. The highest BCUT2D eigenvalue weighted by Gasteiger charge is 2.44. The number of benzene rings is 3. The Morgan fingerprint density at radius 2 is 1.23 bits per heavy atom. The molecule has 152 valence electrons. The Hall–Kier alpha value is -3.66. The summed E-state index contributed by atoms with van der Waals surface area (Å²) >= 11 is 0. The molecule has 0 bridgehead atoms. The molecule has 3 N–H and O–H groups in total. The summed E-state index contributed by atoms with van der Waals surface area (Å²) in [7, 11) is 0. The summed E-state index contributed by atoms with van der Waals surface area (Å²) in [5.41, 5.74) is 6.90. The summed E-state index contributed by atoms with van der Waals surface area (Å²) in [6.07, 6.45) is 2.68. The third kappa shape index (κ3) is 4.18. The summed E-state index contributed by atoms with van der Waals surface area (Å²) in [6, 6.07) is 28.0. The van der Waals surface area contributed by atoms with Crippen molar-refractivity contribution in [3.05, 3.63) is 120 Å². The largest absolute Gasteiger partial charge is 0.368 e. The molecule has 0 aliphatic heterocycles. The normalized spacial score (nSPS) is 12.0. The van der Waals surface area contributed by atoms with Gasteiger partial charge in [-0.25, -0.2) is 0 Å². The molecule has 0 heterocycles. The number of primary amides is 1. The van der Waals surface area contributed by atoms with Gasteiger partial charge in [-0.3, -0.25) is 9.59 Å². The Morgan fingerprint density at radius 1 is 0.833 bits per heavy atom. The van der Waals surface area contributed by atoms with Crippen LogP contribution in [0.1, 0.15) is 29.5 Å². The summed E-state index contributed by atoms with van der Waals surface area (Å²) in [4.78, 5) is 26.1. The lowest BCUT2D eigenvalue weighted by molar-refractivity contribution is -0.129. The van der Waals surface area contributed by atoms with Crippen LogP contribution in [0.25, 0.3) is 0 Å². The van der Waals surface area contributed by atoms with Crippen LogP contribution in [0.15, 0.2) is 104 Å². The zero-order valence-electron chi connectivity index (χ0n) is 16.8. The van der Waals surface area contributed by atoms with Crippen molar-refractivity contribution in [3.63, 3.8) is 0 Å². The standard InChI is InChI=1S/C26H26N2O2/c1-2-3-19-23(24(27)29)28-25(30)26(20-13-7-4-8-14-20,21-15-9-5-10-16-21)22-17-11-6-12-18-22/h2,4-18,23H,1,3,19H2,(H2,27,29)(H,28,30)/t23-/m1/s1. The Kier molecular flexibility index (Phi) is 6.81. The van der Waals surface area contributed by atoms with E-state index in [4.69, 9.17) is 5.73 Å². The van der Waals surface area contributed by atoms with Gasteiger partial charge in [0.1, 0.15) is 11.5 Å². The molecule has 3 rings (SSSR count). The van der Waals surface area contributed by atoms with Crippen LogP contribution in [0, 0.1) is 0 Å². The predicted molar refractivity (Wildman–Crippen MR) is 120 cm³/mol. The third-order valence-electron chi connectivity index (χ3n) is 5.27. The highest BCUT2D eigenvalue weighted by Crippen LogP contribution is 2.39. The minimum Gasteiger partial charge on any atom is -0.368 e. The van der Waals surface area contributed by atoms with Gasteiger partial charge in [0.2, 0.25) is 11.8 Å². The molecule has 4 nitrogen and oxygen atoms in total.